The van der Waals surface area contributed by atoms with Gasteiger partial charge in [-0.1, -0.05) is 11.6 Å². The first-order valence-electron chi connectivity index (χ1n) is 5.85. The second-order valence-corrected chi connectivity index (χ2v) is 4.35. The summed E-state index contributed by atoms with van der Waals surface area (Å²) in [5, 5.41) is 9.75. The maximum absolute atomic E-state index is 12.3. The number of phenolic OH excluding ortho intramolecular Hbond substituents is 1. The molecule has 1 amide bonds. The normalized spacial score (nSPS) is 10.5. The Labute approximate surface area is 117 Å². The van der Waals surface area contributed by atoms with Gasteiger partial charge in [0, 0.05) is 27.3 Å². The monoisotopic (exact) mass is 287 g/mol. The second-order valence-electron chi connectivity index (χ2n) is 3.94. The van der Waals surface area contributed by atoms with Crippen molar-refractivity contribution in [1.82, 2.24) is 4.90 Å². The lowest BCUT2D eigenvalue weighted by molar-refractivity contribution is 0.0627. The van der Waals surface area contributed by atoms with Crippen molar-refractivity contribution >= 4 is 17.5 Å². The van der Waals surface area contributed by atoms with E-state index in [0.29, 0.717) is 31.3 Å². The number of carbonyl (C=O) groups is 1. The molecule has 0 unspecified atom stereocenters. The number of hydrogen-bond acceptors (Lipinski definition) is 4. The fourth-order valence-electron chi connectivity index (χ4n) is 1.57. The number of rotatable bonds is 7. The minimum atomic E-state index is -0.255. The lowest BCUT2D eigenvalue weighted by atomic mass is 10.2. The number of benzene rings is 1. The Balaban J connectivity index is 2.87. The molecule has 6 heteroatoms. The first kappa shape index (κ1) is 15.8. The molecule has 0 aliphatic heterocycles. The zero-order chi connectivity index (χ0) is 14.3. The van der Waals surface area contributed by atoms with Crippen molar-refractivity contribution in [2.45, 2.75) is 0 Å². The van der Waals surface area contributed by atoms with E-state index in [1.165, 1.54) is 18.2 Å². The van der Waals surface area contributed by atoms with Gasteiger partial charge in [-0.05, 0) is 18.2 Å². The molecular weight excluding hydrogens is 270 g/mol. The minimum Gasteiger partial charge on any atom is -0.508 e. The Morgan fingerprint density at radius 1 is 1.26 bits per heavy atom. The maximum atomic E-state index is 12.3. The summed E-state index contributed by atoms with van der Waals surface area (Å²) < 4.78 is 9.95. The predicted octanol–water partition coefficient (Wildman–Crippen LogP) is 1.78. The molecule has 0 aliphatic rings. The van der Waals surface area contributed by atoms with Gasteiger partial charge in [0.05, 0.1) is 23.8 Å². The van der Waals surface area contributed by atoms with Crippen LogP contribution in [0.5, 0.6) is 5.75 Å². The summed E-state index contributed by atoms with van der Waals surface area (Å²) in [4.78, 5) is 13.9. The summed E-state index contributed by atoms with van der Waals surface area (Å²) in [6, 6.07) is 4.29. The molecule has 1 aromatic carbocycles. The minimum absolute atomic E-state index is 0.00573. The van der Waals surface area contributed by atoms with Gasteiger partial charge in [-0.2, -0.15) is 0 Å². The zero-order valence-corrected chi connectivity index (χ0v) is 11.8. The number of hydrogen-bond donors (Lipinski definition) is 1. The quantitative estimate of drug-likeness (QED) is 0.830. The number of ether oxygens (including phenoxy) is 2. The van der Waals surface area contributed by atoms with E-state index in [-0.39, 0.29) is 17.2 Å². The van der Waals surface area contributed by atoms with Crippen LogP contribution in [0.15, 0.2) is 18.2 Å². The van der Waals surface area contributed by atoms with Crippen LogP contribution in [0.25, 0.3) is 0 Å². The summed E-state index contributed by atoms with van der Waals surface area (Å²) in [5.74, 6) is -0.249. The van der Waals surface area contributed by atoms with Crippen molar-refractivity contribution < 1.29 is 19.4 Å². The molecule has 1 aromatic rings. The molecule has 0 atom stereocenters. The number of nitrogens with zero attached hydrogens (tertiary/aromatic N) is 1. The van der Waals surface area contributed by atoms with E-state index in [0.717, 1.165) is 0 Å². The van der Waals surface area contributed by atoms with Gasteiger partial charge in [-0.3, -0.25) is 4.79 Å². The van der Waals surface area contributed by atoms with Gasteiger partial charge in [-0.15, -0.1) is 0 Å². The third-order valence-corrected chi connectivity index (χ3v) is 2.93. The maximum Gasteiger partial charge on any atom is 0.255 e. The zero-order valence-electron chi connectivity index (χ0n) is 11.1. The van der Waals surface area contributed by atoms with Gasteiger partial charge < -0.3 is 19.5 Å². The lowest BCUT2D eigenvalue weighted by Gasteiger charge is -2.22. The van der Waals surface area contributed by atoms with Crippen LogP contribution in [0, 0.1) is 0 Å². The van der Waals surface area contributed by atoms with Crippen LogP contribution in [0.2, 0.25) is 5.02 Å². The molecule has 0 saturated carbocycles. The van der Waals surface area contributed by atoms with Gasteiger partial charge in [0.2, 0.25) is 0 Å². The Kier molecular flexibility index (Phi) is 6.62. The number of methoxy groups -OCH3 is 2. The summed E-state index contributed by atoms with van der Waals surface area (Å²) in [5.41, 5.74) is 0.272. The second kappa shape index (κ2) is 7.99. The molecule has 0 bridgehead atoms. The molecule has 1 rings (SSSR count). The Morgan fingerprint density at radius 3 is 2.37 bits per heavy atom. The average Bonchev–Trinajstić information content (AvgIpc) is 2.41. The van der Waals surface area contributed by atoms with Crippen LogP contribution in [0.4, 0.5) is 0 Å². The van der Waals surface area contributed by atoms with E-state index in [1.807, 2.05) is 0 Å². The molecule has 0 aromatic heterocycles. The van der Waals surface area contributed by atoms with Gasteiger partial charge in [-0.25, -0.2) is 0 Å². The summed E-state index contributed by atoms with van der Waals surface area (Å²) in [6.45, 7) is 1.72. The van der Waals surface area contributed by atoms with Crippen LogP contribution >= 0.6 is 11.6 Å². The smallest absolute Gasteiger partial charge is 0.255 e. The highest BCUT2D eigenvalue weighted by Crippen LogP contribution is 2.22. The van der Waals surface area contributed by atoms with Gasteiger partial charge in [0.25, 0.3) is 5.91 Å². The first-order valence-corrected chi connectivity index (χ1v) is 6.23. The molecule has 0 fully saturated rings. The molecule has 106 valence electrons. The first-order chi connectivity index (χ1) is 9.10. The van der Waals surface area contributed by atoms with E-state index in [2.05, 4.69) is 0 Å². The SMILES string of the molecule is COCCN(CCOC)C(=O)c1cc(O)ccc1Cl. The van der Waals surface area contributed by atoms with Crippen molar-refractivity contribution in [1.29, 1.82) is 0 Å². The van der Waals surface area contributed by atoms with Crippen molar-refractivity contribution in [3.8, 4) is 5.75 Å². The number of aromatic hydroxyl groups is 1. The average molecular weight is 288 g/mol. The largest absolute Gasteiger partial charge is 0.508 e. The van der Waals surface area contributed by atoms with Crippen LogP contribution in [-0.2, 0) is 9.47 Å². The molecule has 0 spiro atoms. The highest BCUT2D eigenvalue weighted by Gasteiger charge is 2.18. The Morgan fingerprint density at radius 2 is 1.84 bits per heavy atom. The molecule has 0 radical (unpaired) electrons. The third kappa shape index (κ3) is 4.70. The van der Waals surface area contributed by atoms with Crippen molar-refractivity contribution in [2.75, 3.05) is 40.5 Å². The number of halogens is 1. The molecule has 0 saturated heterocycles. The van der Waals surface area contributed by atoms with Crippen LogP contribution < -0.4 is 0 Å². The number of carbonyl (C=O) groups excluding carboxylic acids is 1. The highest BCUT2D eigenvalue weighted by atomic mass is 35.5. The molecule has 1 N–H and O–H groups in total. The fraction of sp³-hybridized carbons (Fsp3) is 0.462. The van der Waals surface area contributed by atoms with E-state index in [9.17, 15) is 9.90 Å². The predicted molar refractivity (Wildman–Crippen MR) is 72.8 cm³/mol. The Bertz CT molecular complexity index is 417. The van der Waals surface area contributed by atoms with Gasteiger partial charge in [0.15, 0.2) is 0 Å². The molecule has 19 heavy (non-hydrogen) atoms. The summed E-state index contributed by atoms with van der Waals surface area (Å²) >= 11 is 5.98. The summed E-state index contributed by atoms with van der Waals surface area (Å²) in [6.07, 6.45) is 0. The van der Waals surface area contributed by atoms with Gasteiger partial charge >= 0.3 is 0 Å². The van der Waals surface area contributed by atoms with Crippen LogP contribution in [0.1, 0.15) is 10.4 Å². The molecule has 0 heterocycles. The van der Waals surface area contributed by atoms with E-state index < -0.39 is 0 Å². The van der Waals surface area contributed by atoms with Crippen LogP contribution in [0.3, 0.4) is 0 Å². The topological polar surface area (TPSA) is 59.0 Å². The van der Waals surface area contributed by atoms with Crippen molar-refractivity contribution in [3.05, 3.63) is 28.8 Å². The van der Waals surface area contributed by atoms with Crippen molar-refractivity contribution in [2.24, 2.45) is 0 Å². The Hall–Kier alpha value is -1.30. The highest BCUT2D eigenvalue weighted by molar-refractivity contribution is 6.33. The van der Waals surface area contributed by atoms with Crippen molar-refractivity contribution in [3.63, 3.8) is 0 Å². The fourth-order valence-corrected chi connectivity index (χ4v) is 1.76. The molecule has 5 nitrogen and oxygen atoms in total. The number of amides is 1. The molecule has 0 aliphatic carbocycles. The van der Waals surface area contributed by atoms with Gasteiger partial charge in [0.1, 0.15) is 5.75 Å². The van der Waals surface area contributed by atoms with E-state index in [4.69, 9.17) is 21.1 Å². The van der Waals surface area contributed by atoms with E-state index >= 15 is 0 Å². The number of phenols is 1. The summed E-state index contributed by atoms with van der Waals surface area (Å²) in [7, 11) is 3.14. The molecular formula is C13H18ClNO4. The third-order valence-electron chi connectivity index (χ3n) is 2.60. The van der Waals surface area contributed by atoms with E-state index in [1.54, 1.807) is 19.1 Å². The standard InChI is InChI=1S/C13H18ClNO4/c1-18-7-5-15(6-8-19-2)13(17)11-9-10(16)3-4-12(11)14/h3-4,9,16H,5-8H2,1-2H3. The lowest BCUT2D eigenvalue weighted by Crippen LogP contribution is -2.36. The van der Waals surface area contributed by atoms with Crippen LogP contribution in [-0.4, -0.2) is 56.4 Å².